The number of hydrogen-bond donors (Lipinski definition) is 2. The van der Waals surface area contributed by atoms with Crippen LogP contribution < -0.4 is 5.32 Å². The molecule has 0 bridgehead atoms. The molecule has 2 aromatic heterocycles. The molecule has 7 nitrogen and oxygen atoms in total. The Kier molecular flexibility index (Phi) is 8.43. The topological polar surface area (TPSA) is 74.1 Å². The number of aromatic amines is 1. The van der Waals surface area contributed by atoms with Gasteiger partial charge in [0.2, 0.25) is 0 Å². The van der Waals surface area contributed by atoms with Gasteiger partial charge in [-0.15, -0.1) is 24.0 Å². The Balaban J connectivity index is 0.00000289. The fourth-order valence-corrected chi connectivity index (χ4v) is 3.43. The van der Waals surface area contributed by atoms with Crippen molar-refractivity contribution in [3.05, 3.63) is 96.5 Å². The average molecular weight is 541 g/mol. The standard InChI is InChI=1S/C24H27N7.HI/c1-25-24(28-14-19-8-10-20(11-9-19)16-31-13-12-26-18-31)30(2)17-23-27-15-22(29-23)21-6-4-3-5-7-21;/h3-13,15,18H,14,16-17H2,1-2H3,(H,25,28)(H,27,29);1H. The van der Waals surface area contributed by atoms with Gasteiger partial charge in [0.1, 0.15) is 5.82 Å². The lowest BCUT2D eigenvalue weighted by Gasteiger charge is -2.21. The van der Waals surface area contributed by atoms with Crippen molar-refractivity contribution in [2.24, 2.45) is 4.99 Å². The molecule has 0 saturated carbocycles. The van der Waals surface area contributed by atoms with Crippen molar-refractivity contribution in [2.75, 3.05) is 14.1 Å². The van der Waals surface area contributed by atoms with Crippen molar-refractivity contribution >= 4 is 29.9 Å². The maximum atomic E-state index is 4.52. The van der Waals surface area contributed by atoms with Crippen LogP contribution in [0, 0.1) is 0 Å². The van der Waals surface area contributed by atoms with Gasteiger partial charge < -0.3 is 19.8 Å². The van der Waals surface area contributed by atoms with Crippen LogP contribution in [0.4, 0.5) is 0 Å². The number of nitrogens with one attached hydrogen (secondary N) is 2. The van der Waals surface area contributed by atoms with Gasteiger partial charge in [-0.25, -0.2) is 9.97 Å². The lowest BCUT2D eigenvalue weighted by molar-refractivity contribution is 0.464. The number of H-pyrrole nitrogens is 1. The van der Waals surface area contributed by atoms with Crippen LogP contribution in [0.1, 0.15) is 17.0 Å². The van der Waals surface area contributed by atoms with E-state index in [-0.39, 0.29) is 24.0 Å². The minimum absolute atomic E-state index is 0. The molecule has 32 heavy (non-hydrogen) atoms. The van der Waals surface area contributed by atoms with Gasteiger partial charge in [-0.2, -0.15) is 0 Å². The largest absolute Gasteiger partial charge is 0.352 e. The summed E-state index contributed by atoms with van der Waals surface area (Å²) in [7, 11) is 3.80. The van der Waals surface area contributed by atoms with Gasteiger partial charge in [0, 0.05) is 39.6 Å². The fourth-order valence-electron chi connectivity index (χ4n) is 3.43. The van der Waals surface area contributed by atoms with Gasteiger partial charge in [-0.3, -0.25) is 4.99 Å². The molecule has 2 aromatic carbocycles. The van der Waals surface area contributed by atoms with Gasteiger partial charge in [-0.1, -0.05) is 54.6 Å². The molecule has 8 heteroatoms. The molecule has 2 N–H and O–H groups in total. The highest BCUT2D eigenvalue weighted by Crippen LogP contribution is 2.16. The summed E-state index contributed by atoms with van der Waals surface area (Å²) >= 11 is 0. The van der Waals surface area contributed by atoms with Crippen molar-refractivity contribution in [2.45, 2.75) is 19.6 Å². The van der Waals surface area contributed by atoms with Crippen molar-refractivity contribution in [1.82, 2.24) is 29.7 Å². The van der Waals surface area contributed by atoms with Crippen LogP contribution in [0.15, 0.2) is 84.5 Å². The van der Waals surface area contributed by atoms with Crippen LogP contribution >= 0.6 is 24.0 Å². The molecule has 166 valence electrons. The highest BCUT2D eigenvalue weighted by atomic mass is 127. The number of aliphatic imine (C=N–C) groups is 1. The zero-order chi connectivity index (χ0) is 21.5. The van der Waals surface area contributed by atoms with E-state index in [1.54, 1.807) is 13.2 Å². The van der Waals surface area contributed by atoms with E-state index in [4.69, 9.17) is 0 Å². The molecule has 0 spiro atoms. The van der Waals surface area contributed by atoms with Crippen LogP contribution in [0.25, 0.3) is 11.3 Å². The summed E-state index contributed by atoms with van der Waals surface area (Å²) in [6.07, 6.45) is 7.47. The molecule has 0 unspecified atom stereocenters. The maximum absolute atomic E-state index is 4.52. The van der Waals surface area contributed by atoms with Crippen LogP contribution in [0.5, 0.6) is 0 Å². The predicted octanol–water partition coefficient (Wildman–Crippen LogP) is 4.15. The van der Waals surface area contributed by atoms with Crippen molar-refractivity contribution in [3.63, 3.8) is 0 Å². The summed E-state index contributed by atoms with van der Waals surface area (Å²) in [6, 6.07) is 18.8. The third-order valence-electron chi connectivity index (χ3n) is 5.07. The van der Waals surface area contributed by atoms with E-state index < -0.39 is 0 Å². The number of hydrogen-bond acceptors (Lipinski definition) is 3. The third kappa shape index (κ3) is 6.19. The third-order valence-corrected chi connectivity index (χ3v) is 5.07. The Morgan fingerprint density at radius 2 is 1.84 bits per heavy atom. The summed E-state index contributed by atoms with van der Waals surface area (Å²) < 4.78 is 2.06. The zero-order valence-electron chi connectivity index (χ0n) is 18.3. The number of aromatic nitrogens is 4. The molecule has 0 aliphatic carbocycles. The Bertz CT molecular complexity index is 1100. The van der Waals surface area contributed by atoms with E-state index in [1.165, 1.54) is 11.1 Å². The van der Waals surface area contributed by atoms with Crippen molar-refractivity contribution in [3.8, 4) is 11.3 Å². The first-order chi connectivity index (χ1) is 15.2. The molecule has 0 atom stereocenters. The van der Waals surface area contributed by atoms with E-state index in [9.17, 15) is 0 Å². The molecular weight excluding hydrogens is 513 g/mol. The summed E-state index contributed by atoms with van der Waals surface area (Å²) in [6.45, 7) is 2.17. The fraction of sp³-hybridized carbons (Fsp3) is 0.208. The molecule has 0 saturated heterocycles. The van der Waals surface area contributed by atoms with Crippen molar-refractivity contribution in [1.29, 1.82) is 0 Å². The van der Waals surface area contributed by atoms with Crippen LogP contribution in [0.3, 0.4) is 0 Å². The lowest BCUT2D eigenvalue weighted by atomic mass is 10.1. The summed E-state index contributed by atoms with van der Waals surface area (Å²) in [5, 5.41) is 3.43. The number of nitrogens with zero attached hydrogens (tertiary/aromatic N) is 5. The van der Waals surface area contributed by atoms with Gasteiger partial charge in [0.25, 0.3) is 0 Å². The molecule has 0 radical (unpaired) electrons. The van der Waals surface area contributed by atoms with E-state index in [0.717, 1.165) is 29.6 Å². The minimum atomic E-state index is 0. The van der Waals surface area contributed by atoms with Gasteiger partial charge in [-0.05, 0) is 16.7 Å². The molecule has 0 amide bonds. The Morgan fingerprint density at radius 3 is 2.53 bits per heavy atom. The van der Waals surface area contributed by atoms with E-state index >= 15 is 0 Å². The number of imidazole rings is 2. The molecule has 0 fully saturated rings. The van der Waals surface area contributed by atoms with Gasteiger partial charge in [0.15, 0.2) is 5.96 Å². The SMILES string of the molecule is CN=C(NCc1ccc(Cn2ccnc2)cc1)N(C)Cc1ncc(-c2ccccc2)[nH]1.I. The maximum Gasteiger partial charge on any atom is 0.194 e. The minimum Gasteiger partial charge on any atom is -0.352 e. The number of benzene rings is 2. The Morgan fingerprint density at radius 1 is 1.09 bits per heavy atom. The van der Waals surface area contributed by atoms with E-state index in [2.05, 4.69) is 71.1 Å². The average Bonchev–Trinajstić information content (AvgIpc) is 3.48. The summed E-state index contributed by atoms with van der Waals surface area (Å²) in [4.78, 5) is 18.5. The molecule has 4 aromatic rings. The normalized spacial score (nSPS) is 11.1. The van der Waals surface area contributed by atoms with E-state index in [0.29, 0.717) is 13.1 Å². The molecular formula is C24H28IN7. The summed E-state index contributed by atoms with van der Waals surface area (Å²) in [5.41, 5.74) is 4.59. The van der Waals surface area contributed by atoms with Gasteiger partial charge >= 0.3 is 0 Å². The van der Waals surface area contributed by atoms with Crippen LogP contribution in [-0.2, 0) is 19.6 Å². The molecule has 4 rings (SSSR count). The molecule has 2 heterocycles. The molecule has 0 aliphatic heterocycles. The lowest BCUT2D eigenvalue weighted by Crippen LogP contribution is -2.38. The highest BCUT2D eigenvalue weighted by molar-refractivity contribution is 14.0. The number of guanidine groups is 1. The monoisotopic (exact) mass is 541 g/mol. The van der Waals surface area contributed by atoms with E-state index in [1.807, 2.05) is 44.0 Å². The Hall–Kier alpha value is -3.14. The second-order valence-electron chi connectivity index (χ2n) is 7.42. The first-order valence-electron chi connectivity index (χ1n) is 10.3. The first-order valence-corrected chi connectivity index (χ1v) is 10.3. The number of rotatable bonds is 7. The Labute approximate surface area is 205 Å². The van der Waals surface area contributed by atoms with Crippen LogP contribution in [0.2, 0.25) is 0 Å². The number of halogens is 1. The zero-order valence-corrected chi connectivity index (χ0v) is 20.6. The van der Waals surface area contributed by atoms with Crippen molar-refractivity contribution < 1.29 is 0 Å². The highest BCUT2D eigenvalue weighted by Gasteiger charge is 2.10. The first kappa shape index (κ1) is 23.5. The second kappa shape index (κ2) is 11.5. The molecule has 0 aliphatic rings. The smallest absolute Gasteiger partial charge is 0.194 e. The predicted molar refractivity (Wildman–Crippen MR) is 139 cm³/mol. The summed E-state index contributed by atoms with van der Waals surface area (Å²) in [5.74, 6) is 1.72. The van der Waals surface area contributed by atoms with Crippen LogP contribution in [-0.4, -0.2) is 44.5 Å². The quantitative estimate of drug-likeness (QED) is 0.210. The van der Waals surface area contributed by atoms with Gasteiger partial charge in [0.05, 0.1) is 24.8 Å². The second-order valence-corrected chi connectivity index (χ2v) is 7.42.